The Morgan fingerprint density at radius 1 is 1.60 bits per heavy atom. The summed E-state index contributed by atoms with van der Waals surface area (Å²) in [6.07, 6.45) is 1.31. The second-order valence-electron chi connectivity index (χ2n) is 5.17. The molecule has 1 aromatic rings. The van der Waals surface area contributed by atoms with Gasteiger partial charge < -0.3 is 5.32 Å². The normalized spacial score (nSPS) is 25.3. The minimum Gasteiger partial charge on any atom is -0.312 e. The molecule has 2 atom stereocenters. The van der Waals surface area contributed by atoms with Gasteiger partial charge in [-0.15, -0.1) is 11.3 Å². The second-order valence-corrected chi connectivity index (χ2v) is 6.86. The molecule has 84 valence electrons. The van der Waals surface area contributed by atoms with Crippen LogP contribution in [0.15, 0.2) is 6.07 Å². The van der Waals surface area contributed by atoms with Crippen LogP contribution in [0.2, 0.25) is 4.34 Å². The molecule has 0 aliphatic heterocycles. The fraction of sp³-hybridized carbons (Fsp3) is 0.667. The van der Waals surface area contributed by atoms with Crippen LogP contribution in [0.1, 0.15) is 36.8 Å². The number of hydrogen-bond donors (Lipinski definition) is 1. The van der Waals surface area contributed by atoms with Crippen molar-refractivity contribution in [1.82, 2.24) is 5.32 Å². The van der Waals surface area contributed by atoms with Crippen molar-refractivity contribution in [3.63, 3.8) is 0 Å². The molecule has 1 fully saturated rings. The Bertz CT molecular complexity index is 350. The maximum absolute atomic E-state index is 6.12. The van der Waals surface area contributed by atoms with Crippen LogP contribution in [0.3, 0.4) is 0 Å². The van der Waals surface area contributed by atoms with Crippen molar-refractivity contribution in [2.45, 2.75) is 33.2 Å². The number of nitrogens with one attached hydrogen (secondary N) is 1. The number of thiophene rings is 1. The maximum Gasteiger partial charge on any atom is 0.0960 e. The van der Waals surface area contributed by atoms with Crippen molar-refractivity contribution in [3.8, 4) is 0 Å². The van der Waals surface area contributed by atoms with E-state index in [1.807, 2.05) is 7.05 Å². The predicted molar refractivity (Wildman–Crippen MR) is 67.8 cm³/mol. The number of rotatable bonds is 3. The van der Waals surface area contributed by atoms with E-state index in [0.29, 0.717) is 11.5 Å². The zero-order valence-electron chi connectivity index (χ0n) is 9.73. The standard InChI is InChI=1S/C12H18ClNS/c1-7-5-9(15-11(7)13)10(14-4)8-6-12(8,2)3/h5,8,10,14H,6H2,1-4H3. The second kappa shape index (κ2) is 3.76. The van der Waals surface area contributed by atoms with Gasteiger partial charge in [0.25, 0.3) is 0 Å². The van der Waals surface area contributed by atoms with Gasteiger partial charge in [-0.25, -0.2) is 0 Å². The molecule has 1 aromatic heterocycles. The van der Waals surface area contributed by atoms with Gasteiger partial charge in [-0.3, -0.25) is 0 Å². The van der Waals surface area contributed by atoms with E-state index in [1.54, 1.807) is 11.3 Å². The Balaban J connectivity index is 2.21. The summed E-state index contributed by atoms with van der Waals surface area (Å²) in [5, 5.41) is 3.43. The molecular formula is C12H18ClNS. The summed E-state index contributed by atoms with van der Waals surface area (Å²) in [6.45, 7) is 6.75. The molecule has 1 aliphatic carbocycles. The van der Waals surface area contributed by atoms with E-state index in [-0.39, 0.29) is 0 Å². The lowest BCUT2D eigenvalue weighted by Crippen LogP contribution is -2.19. The lowest BCUT2D eigenvalue weighted by atomic mass is 10.0. The summed E-state index contributed by atoms with van der Waals surface area (Å²) in [4.78, 5) is 1.38. The van der Waals surface area contributed by atoms with Crippen LogP contribution in [-0.4, -0.2) is 7.05 Å². The first kappa shape index (κ1) is 11.4. The van der Waals surface area contributed by atoms with Gasteiger partial charge in [0.15, 0.2) is 0 Å². The van der Waals surface area contributed by atoms with Crippen molar-refractivity contribution in [2.24, 2.45) is 11.3 Å². The van der Waals surface area contributed by atoms with Crippen molar-refractivity contribution >= 4 is 22.9 Å². The van der Waals surface area contributed by atoms with Gasteiger partial charge in [-0.2, -0.15) is 0 Å². The predicted octanol–water partition coefficient (Wildman–Crippen LogP) is 4.02. The van der Waals surface area contributed by atoms with Gasteiger partial charge in [0.1, 0.15) is 0 Å². The highest BCUT2D eigenvalue weighted by molar-refractivity contribution is 7.16. The van der Waals surface area contributed by atoms with Crippen LogP contribution in [-0.2, 0) is 0 Å². The summed E-state index contributed by atoms with van der Waals surface area (Å²) >= 11 is 7.84. The van der Waals surface area contributed by atoms with Gasteiger partial charge >= 0.3 is 0 Å². The van der Waals surface area contributed by atoms with E-state index < -0.39 is 0 Å². The third-order valence-corrected chi connectivity index (χ3v) is 5.12. The zero-order chi connectivity index (χ0) is 11.2. The summed E-state index contributed by atoms with van der Waals surface area (Å²) in [6, 6.07) is 2.71. The first-order chi connectivity index (χ1) is 6.95. The highest BCUT2D eigenvalue weighted by Crippen LogP contribution is 2.58. The molecule has 2 unspecified atom stereocenters. The molecule has 0 bridgehead atoms. The molecule has 2 rings (SSSR count). The average molecular weight is 244 g/mol. The number of halogens is 1. The van der Waals surface area contributed by atoms with Crippen LogP contribution >= 0.6 is 22.9 Å². The Kier molecular flexibility index (Phi) is 2.87. The van der Waals surface area contributed by atoms with Crippen LogP contribution < -0.4 is 5.32 Å². The molecule has 1 saturated carbocycles. The van der Waals surface area contributed by atoms with Gasteiger partial charge in [-0.1, -0.05) is 25.4 Å². The Hall–Kier alpha value is -0.0500. The number of hydrogen-bond acceptors (Lipinski definition) is 2. The monoisotopic (exact) mass is 243 g/mol. The van der Waals surface area contributed by atoms with E-state index >= 15 is 0 Å². The first-order valence-electron chi connectivity index (χ1n) is 5.39. The van der Waals surface area contributed by atoms with Gasteiger partial charge in [-0.05, 0) is 43.4 Å². The molecule has 0 radical (unpaired) electrons. The maximum atomic E-state index is 6.12. The minimum atomic E-state index is 0.483. The van der Waals surface area contributed by atoms with Gasteiger partial charge in [0.05, 0.1) is 4.34 Å². The molecule has 1 N–H and O–H groups in total. The zero-order valence-corrected chi connectivity index (χ0v) is 11.3. The molecule has 0 spiro atoms. The van der Waals surface area contributed by atoms with Crippen LogP contribution in [0.4, 0.5) is 0 Å². The molecule has 15 heavy (non-hydrogen) atoms. The Labute approximate surface area is 101 Å². The summed E-state index contributed by atoms with van der Waals surface area (Å²) in [5.74, 6) is 0.761. The molecular weight excluding hydrogens is 226 g/mol. The van der Waals surface area contributed by atoms with Crippen LogP contribution in [0.25, 0.3) is 0 Å². The minimum absolute atomic E-state index is 0.483. The summed E-state index contributed by atoms with van der Waals surface area (Å²) < 4.78 is 0.934. The third-order valence-electron chi connectivity index (χ3n) is 3.49. The highest BCUT2D eigenvalue weighted by atomic mass is 35.5. The average Bonchev–Trinajstić information content (AvgIpc) is 2.62. The van der Waals surface area contributed by atoms with E-state index in [1.165, 1.54) is 16.9 Å². The van der Waals surface area contributed by atoms with Crippen LogP contribution in [0, 0.1) is 18.3 Å². The first-order valence-corrected chi connectivity index (χ1v) is 6.58. The topological polar surface area (TPSA) is 12.0 Å². The number of aryl methyl sites for hydroxylation is 1. The van der Waals surface area contributed by atoms with Crippen LogP contribution in [0.5, 0.6) is 0 Å². The van der Waals surface area contributed by atoms with E-state index in [0.717, 1.165) is 10.3 Å². The van der Waals surface area contributed by atoms with Crippen molar-refractivity contribution in [1.29, 1.82) is 0 Å². The van der Waals surface area contributed by atoms with Gasteiger partial charge in [0.2, 0.25) is 0 Å². The quantitative estimate of drug-likeness (QED) is 0.846. The Morgan fingerprint density at radius 3 is 2.53 bits per heavy atom. The van der Waals surface area contributed by atoms with Crippen molar-refractivity contribution in [3.05, 3.63) is 20.8 Å². The smallest absolute Gasteiger partial charge is 0.0960 e. The SMILES string of the molecule is CNC(c1cc(C)c(Cl)s1)C1CC1(C)C. The fourth-order valence-corrected chi connectivity index (χ4v) is 3.65. The van der Waals surface area contributed by atoms with E-state index in [2.05, 4.69) is 32.2 Å². The van der Waals surface area contributed by atoms with E-state index in [9.17, 15) is 0 Å². The fourth-order valence-electron chi connectivity index (χ4n) is 2.26. The summed E-state index contributed by atoms with van der Waals surface area (Å²) in [7, 11) is 2.04. The molecule has 1 heterocycles. The van der Waals surface area contributed by atoms with Crippen molar-refractivity contribution in [2.75, 3.05) is 7.05 Å². The molecule has 3 heteroatoms. The van der Waals surface area contributed by atoms with Gasteiger partial charge in [0, 0.05) is 10.9 Å². The molecule has 0 amide bonds. The highest BCUT2D eigenvalue weighted by Gasteiger charge is 2.50. The molecule has 1 nitrogen and oxygen atoms in total. The summed E-state index contributed by atoms with van der Waals surface area (Å²) in [5.41, 5.74) is 1.70. The van der Waals surface area contributed by atoms with E-state index in [4.69, 9.17) is 11.6 Å². The molecule has 1 aliphatic rings. The van der Waals surface area contributed by atoms with Crippen molar-refractivity contribution < 1.29 is 0 Å². The third kappa shape index (κ3) is 2.08. The lowest BCUT2D eigenvalue weighted by Gasteiger charge is -2.16. The largest absolute Gasteiger partial charge is 0.312 e. The molecule has 0 saturated heterocycles. The Morgan fingerprint density at radius 2 is 2.20 bits per heavy atom. The molecule has 0 aromatic carbocycles. The lowest BCUT2D eigenvalue weighted by molar-refractivity contribution is 0.446.